The quantitative estimate of drug-likeness (QED) is 0.0816. The third-order valence-corrected chi connectivity index (χ3v) is 17.1. The summed E-state index contributed by atoms with van der Waals surface area (Å²) in [6.07, 6.45) is -0.367. The zero-order valence-corrected chi connectivity index (χ0v) is 56.1. The SMILES string of the molecule is CC[C@@H](C(=O)N(C)[C@H](C)C(=O)N(C)[C@@H](CC(C)C)C(=O)N[C@H](C(=O)N(C)[C@@H](CC(C)C)C(=O)N[C@H](C)C(=O)NC(=O)NC)C(C)C)N1C(=O)[C@@H]2[C@H](OC(C)[C@H](N(C)C(=O)[C@H](CC(C)C)N(C)C(=O)CCC(C)C)C(=O)N2C)[C@H]1Cc1nc2ccccc2[nH]1. The fourth-order valence-corrected chi connectivity index (χ4v) is 11.7. The first-order valence-corrected chi connectivity index (χ1v) is 31.2. The molecule has 25 nitrogen and oxygen atoms in total. The minimum absolute atomic E-state index is 0.0155. The van der Waals surface area contributed by atoms with Crippen molar-refractivity contribution < 1.29 is 57.5 Å². The molecule has 1 aromatic heterocycles. The summed E-state index contributed by atoms with van der Waals surface area (Å²) in [4.78, 5) is 174. The molecular weight excluding hydrogens is 1130 g/mol. The van der Waals surface area contributed by atoms with E-state index in [1.807, 2.05) is 79.7 Å². The molecule has 3 heterocycles. The van der Waals surface area contributed by atoms with Crippen LogP contribution in [0.25, 0.3) is 11.0 Å². The summed E-state index contributed by atoms with van der Waals surface area (Å²) in [5, 5.41) is 9.87. The van der Waals surface area contributed by atoms with Crippen molar-refractivity contribution in [3.05, 3.63) is 30.1 Å². The van der Waals surface area contributed by atoms with Gasteiger partial charge in [0.2, 0.25) is 59.1 Å². The van der Waals surface area contributed by atoms with Crippen LogP contribution in [0, 0.1) is 29.6 Å². The summed E-state index contributed by atoms with van der Waals surface area (Å²) in [7, 11) is 10.3. The summed E-state index contributed by atoms with van der Waals surface area (Å²) < 4.78 is 6.90. The molecule has 12 atom stereocenters. The lowest BCUT2D eigenvalue weighted by Gasteiger charge is -2.39. The second-order valence-electron chi connectivity index (χ2n) is 26.2. The summed E-state index contributed by atoms with van der Waals surface area (Å²) in [5.41, 5.74) is 1.39. The number of aromatic amines is 1. The Labute approximate surface area is 520 Å². The predicted octanol–water partition coefficient (Wildman–Crippen LogP) is 3.54. The Kier molecular flexibility index (Phi) is 26.5. The number of imidazole rings is 1. The summed E-state index contributed by atoms with van der Waals surface area (Å²) in [6, 6.07) is -4.65. The minimum atomic E-state index is -1.27. The van der Waals surface area contributed by atoms with Gasteiger partial charge < -0.3 is 60.0 Å². The van der Waals surface area contributed by atoms with Gasteiger partial charge >= 0.3 is 6.03 Å². The van der Waals surface area contributed by atoms with Crippen molar-refractivity contribution in [2.45, 2.75) is 215 Å². The van der Waals surface area contributed by atoms with Gasteiger partial charge in [0.1, 0.15) is 66.3 Å². The topological polar surface area (TPSA) is 296 Å². The van der Waals surface area contributed by atoms with Crippen LogP contribution in [-0.4, -0.2) is 231 Å². The Morgan fingerprint density at radius 2 is 1.22 bits per heavy atom. The highest BCUT2D eigenvalue weighted by atomic mass is 16.5. The number of likely N-dealkylation sites (N-methyl/N-ethyl adjacent to an activating group) is 6. The van der Waals surface area contributed by atoms with Crippen molar-refractivity contribution in [1.29, 1.82) is 0 Å². The molecule has 2 fully saturated rings. The lowest BCUT2D eigenvalue weighted by molar-refractivity contribution is -0.156. The van der Waals surface area contributed by atoms with Crippen LogP contribution >= 0.6 is 0 Å². The number of fused-ring (bicyclic) bond motifs is 2. The number of para-hydroxylation sites is 2. The van der Waals surface area contributed by atoms with Crippen LogP contribution in [0.3, 0.4) is 0 Å². The van der Waals surface area contributed by atoms with Crippen LogP contribution in [0.4, 0.5) is 4.79 Å². The third-order valence-electron chi connectivity index (χ3n) is 17.1. The van der Waals surface area contributed by atoms with Gasteiger partial charge in [-0.3, -0.25) is 53.3 Å². The number of H-pyrrole nitrogens is 1. The van der Waals surface area contributed by atoms with E-state index >= 15 is 9.59 Å². The van der Waals surface area contributed by atoms with Crippen LogP contribution in [0.5, 0.6) is 0 Å². The highest BCUT2D eigenvalue weighted by Crippen LogP contribution is 2.37. The molecule has 2 aliphatic rings. The van der Waals surface area contributed by atoms with Crippen LogP contribution in [0.15, 0.2) is 24.3 Å². The fraction of sp³-hybridized carbons (Fsp3) is 0.714. The molecule has 0 bridgehead atoms. The maximum atomic E-state index is 15.4. The number of hydrogen-bond acceptors (Lipinski definition) is 13. The molecular formula is C63H103N13O12. The second-order valence-corrected chi connectivity index (χ2v) is 26.2. The lowest BCUT2D eigenvalue weighted by atomic mass is 9.96. The number of likely N-dealkylation sites (tertiary alicyclic amines) is 1. The van der Waals surface area contributed by atoms with Crippen molar-refractivity contribution >= 4 is 76.1 Å². The Balaban J connectivity index is 1.67. The monoisotopic (exact) mass is 1230 g/mol. The van der Waals surface area contributed by atoms with Gasteiger partial charge in [0.15, 0.2) is 0 Å². The van der Waals surface area contributed by atoms with E-state index in [0.717, 1.165) is 5.52 Å². The number of amides is 12. The molecule has 2 aliphatic heterocycles. The molecule has 0 aliphatic carbocycles. The summed E-state index contributed by atoms with van der Waals surface area (Å²) >= 11 is 0. The second kappa shape index (κ2) is 31.8. The zero-order valence-electron chi connectivity index (χ0n) is 56.1. The average Bonchev–Trinajstić information content (AvgIpc) is 1.90. The molecule has 1 unspecified atom stereocenters. The molecule has 88 heavy (non-hydrogen) atoms. The number of carbonyl (C=O) groups excluding carboxylic acids is 11. The predicted molar refractivity (Wildman–Crippen MR) is 333 cm³/mol. The van der Waals surface area contributed by atoms with Gasteiger partial charge in [-0.1, -0.05) is 88.3 Å². The number of hydrogen-bond donors (Lipinski definition) is 5. The molecule has 25 heteroatoms. The fourth-order valence-electron chi connectivity index (χ4n) is 11.7. The summed E-state index contributed by atoms with van der Waals surface area (Å²) in [6.45, 7) is 25.2. The van der Waals surface area contributed by atoms with Crippen LogP contribution in [-0.2, 0) is 59.1 Å². The van der Waals surface area contributed by atoms with Gasteiger partial charge in [-0.25, -0.2) is 9.78 Å². The lowest BCUT2D eigenvalue weighted by Crippen LogP contribution is -2.61. The maximum absolute atomic E-state index is 15.4. The first kappa shape index (κ1) is 73.3. The number of imide groups is 1. The summed E-state index contributed by atoms with van der Waals surface area (Å²) in [5.74, 6) is -5.70. The Morgan fingerprint density at radius 3 is 1.74 bits per heavy atom. The number of rotatable bonds is 28. The van der Waals surface area contributed by atoms with Gasteiger partial charge in [0.25, 0.3) is 0 Å². The molecule has 2 aromatic rings. The van der Waals surface area contributed by atoms with Crippen LogP contribution in [0.1, 0.15) is 141 Å². The zero-order chi connectivity index (χ0) is 66.7. The molecule has 492 valence electrons. The Morgan fingerprint density at radius 1 is 0.670 bits per heavy atom. The van der Waals surface area contributed by atoms with Crippen molar-refractivity contribution in [2.75, 3.05) is 49.3 Å². The molecule has 0 radical (unpaired) electrons. The molecule has 0 saturated carbocycles. The van der Waals surface area contributed by atoms with E-state index in [4.69, 9.17) is 9.72 Å². The van der Waals surface area contributed by atoms with Gasteiger partial charge in [-0.2, -0.15) is 0 Å². The number of ether oxygens (including phenoxy) is 1. The first-order valence-electron chi connectivity index (χ1n) is 31.2. The number of nitrogens with zero attached hydrogens (tertiary/aromatic N) is 8. The van der Waals surface area contributed by atoms with Crippen LogP contribution < -0.4 is 21.3 Å². The van der Waals surface area contributed by atoms with Crippen molar-refractivity contribution in [3.63, 3.8) is 0 Å². The largest absolute Gasteiger partial charge is 0.368 e. The van der Waals surface area contributed by atoms with Gasteiger partial charge in [-0.15, -0.1) is 0 Å². The highest BCUT2D eigenvalue weighted by Gasteiger charge is 2.59. The van der Waals surface area contributed by atoms with Crippen LogP contribution in [0.2, 0.25) is 0 Å². The van der Waals surface area contributed by atoms with E-state index in [2.05, 4.69) is 26.3 Å². The molecule has 0 spiro atoms. The number of benzene rings is 1. The van der Waals surface area contributed by atoms with Crippen molar-refractivity contribution in [2.24, 2.45) is 29.6 Å². The normalized spacial score (nSPS) is 20.2. The minimum Gasteiger partial charge on any atom is -0.368 e. The Hall–Kier alpha value is -7.18. The van der Waals surface area contributed by atoms with E-state index in [0.29, 0.717) is 24.2 Å². The van der Waals surface area contributed by atoms with E-state index in [1.54, 1.807) is 34.7 Å². The Bertz CT molecular complexity index is 2790. The maximum Gasteiger partial charge on any atom is 0.321 e. The standard InChI is InChI=1S/C63H103N13O12/c1-22-43(58(82)70(16)39(13)57(81)72(18)46(30-35(6)7)56(80)68-50(37(10)11)60(84)73(19)45(29-34(4)5)55(79)65-38(12)54(78)69-63(87)64-15)76-44(32-48-66-41-25-23-24-26-42(41)67-48)53-52(62(76)86)75(21)61(85)51(40(14)88-53)74(20)59(83)47(31-36(8)9)71(17)49(77)28-27-33(2)3/h23-26,33-40,43-47,50-53H,22,27-32H2,1-21H3,(H,65,79)(H,66,67)(H,68,80)(H2,64,69,78,87)/t38-,39-,40?,43+,44-,45+,46+,47+,50+,51+,52+,53-/m1/s1. The number of aromatic nitrogens is 2. The number of urea groups is 1. The van der Waals surface area contributed by atoms with Gasteiger partial charge in [0, 0.05) is 62.2 Å². The van der Waals surface area contributed by atoms with E-state index in [-0.39, 0.29) is 61.7 Å². The van der Waals surface area contributed by atoms with Gasteiger partial charge in [0.05, 0.1) is 23.2 Å². The van der Waals surface area contributed by atoms with Crippen molar-refractivity contribution in [3.8, 4) is 0 Å². The molecule has 1 aromatic carbocycles. The smallest absolute Gasteiger partial charge is 0.321 e. The number of nitrogens with one attached hydrogen (secondary N) is 5. The number of carbonyl (C=O) groups is 11. The van der Waals surface area contributed by atoms with E-state index < -0.39 is 138 Å². The molecule has 12 amide bonds. The average molecular weight is 1230 g/mol. The van der Waals surface area contributed by atoms with Gasteiger partial charge in [-0.05, 0) is 94.6 Å². The first-order chi connectivity index (χ1) is 41.0. The van der Waals surface area contributed by atoms with Crippen molar-refractivity contribution in [1.82, 2.24) is 65.5 Å². The van der Waals surface area contributed by atoms with E-state index in [9.17, 15) is 43.2 Å². The third kappa shape index (κ3) is 17.6. The highest BCUT2D eigenvalue weighted by molar-refractivity contribution is 6.01. The molecule has 5 N–H and O–H groups in total. The molecule has 4 rings (SSSR count). The molecule has 2 saturated heterocycles. The van der Waals surface area contributed by atoms with E-state index in [1.165, 1.54) is 90.4 Å².